The number of alkyl halides is 1. The summed E-state index contributed by atoms with van der Waals surface area (Å²) in [5.41, 5.74) is 3.55. The van der Waals surface area contributed by atoms with Crippen LogP contribution in [-0.2, 0) is 16.6 Å². The molecule has 19 heavy (non-hydrogen) atoms. The second-order valence-electron chi connectivity index (χ2n) is 6.37. The molecule has 2 aliphatic rings. The Morgan fingerprint density at radius 3 is 2.74 bits per heavy atom. The molecular formula is C15H18BrNO2. The van der Waals surface area contributed by atoms with E-state index in [1.165, 1.54) is 5.56 Å². The molecule has 2 aliphatic heterocycles. The summed E-state index contributed by atoms with van der Waals surface area (Å²) < 4.78 is 6.19. The predicted molar refractivity (Wildman–Crippen MR) is 79.4 cm³/mol. The number of halogens is 1. The summed E-state index contributed by atoms with van der Waals surface area (Å²) in [4.78, 5) is 12.2. The zero-order valence-electron chi connectivity index (χ0n) is 11.7. The van der Waals surface area contributed by atoms with Crippen molar-refractivity contribution in [1.82, 2.24) is 0 Å². The Morgan fingerprint density at radius 1 is 1.42 bits per heavy atom. The lowest BCUT2D eigenvalue weighted by Gasteiger charge is -2.23. The number of hydrogen-bond acceptors (Lipinski definition) is 2. The molecule has 0 bridgehead atoms. The molecule has 102 valence electrons. The van der Waals surface area contributed by atoms with Crippen LogP contribution in [0.15, 0.2) is 6.07 Å². The summed E-state index contributed by atoms with van der Waals surface area (Å²) in [5, 5.41) is 3.78. The van der Waals surface area contributed by atoms with E-state index in [0.717, 1.165) is 34.3 Å². The van der Waals surface area contributed by atoms with Crippen LogP contribution < -0.4 is 10.1 Å². The number of anilines is 1. The Balaban J connectivity index is 2.24. The first-order chi connectivity index (χ1) is 8.78. The van der Waals surface area contributed by atoms with Gasteiger partial charge < -0.3 is 10.1 Å². The average molecular weight is 324 g/mol. The molecule has 0 saturated carbocycles. The lowest BCUT2D eigenvalue weighted by Crippen LogP contribution is -2.32. The maximum Gasteiger partial charge on any atom is 0.234 e. The maximum atomic E-state index is 12.2. The van der Waals surface area contributed by atoms with Gasteiger partial charge in [0.1, 0.15) is 11.4 Å². The number of carbonyl (C=O) groups is 1. The summed E-state index contributed by atoms with van der Waals surface area (Å²) in [6.45, 7) is 8.06. The largest absolute Gasteiger partial charge is 0.486 e. The number of benzene rings is 1. The van der Waals surface area contributed by atoms with Gasteiger partial charge in [0.2, 0.25) is 5.91 Å². The molecule has 1 N–H and O–H groups in total. The molecule has 1 aromatic rings. The van der Waals surface area contributed by atoms with Crippen molar-refractivity contribution >= 4 is 27.5 Å². The fraction of sp³-hybridized carbons (Fsp3) is 0.533. The summed E-state index contributed by atoms with van der Waals surface area (Å²) in [7, 11) is 0. The van der Waals surface area contributed by atoms with E-state index in [4.69, 9.17) is 4.74 Å². The van der Waals surface area contributed by atoms with Gasteiger partial charge in [-0.1, -0.05) is 22.0 Å². The van der Waals surface area contributed by atoms with Crippen LogP contribution in [-0.4, -0.2) is 16.8 Å². The molecule has 0 spiro atoms. The van der Waals surface area contributed by atoms with E-state index < -0.39 is 5.41 Å². The number of amides is 1. The predicted octanol–water partition coefficient (Wildman–Crippen LogP) is 3.31. The van der Waals surface area contributed by atoms with Crippen molar-refractivity contribution in [2.24, 2.45) is 0 Å². The van der Waals surface area contributed by atoms with Crippen molar-refractivity contribution in [2.75, 3.05) is 10.6 Å². The molecule has 2 heterocycles. The molecule has 4 heteroatoms. The molecule has 0 aliphatic carbocycles. The molecule has 1 atom stereocenters. The van der Waals surface area contributed by atoms with E-state index in [1.807, 2.05) is 20.8 Å². The highest BCUT2D eigenvalue weighted by Crippen LogP contribution is 2.51. The summed E-state index contributed by atoms with van der Waals surface area (Å²) in [6, 6.07) is 2.14. The number of aryl methyl sites for hydroxylation is 1. The van der Waals surface area contributed by atoms with Gasteiger partial charge in [0.05, 0.1) is 11.1 Å². The minimum absolute atomic E-state index is 0.0510. The van der Waals surface area contributed by atoms with Crippen LogP contribution >= 0.6 is 15.9 Å². The number of ether oxygens (including phenoxy) is 1. The lowest BCUT2D eigenvalue weighted by molar-refractivity contribution is -0.119. The van der Waals surface area contributed by atoms with Crippen LogP contribution in [0.3, 0.4) is 0 Å². The van der Waals surface area contributed by atoms with E-state index >= 15 is 0 Å². The monoisotopic (exact) mass is 323 g/mol. The Hall–Kier alpha value is -1.03. The van der Waals surface area contributed by atoms with Crippen LogP contribution in [0.5, 0.6) is 5.75 Å². The maximum absolute atomic E-state index is 12.2. The first-order valence-electron chi connectivity index (χ1n) is 6.52. The highest BCUT2D eigenvalue weighted by molar-refractivity contribution is 9.09. The number of rotatable bonds is 1. The third kappa shape index (κ3) is 1.65. The van der Waals surface area contributed by atoms with Gasteiger partial charge in [-0.3, -0.25) is 4.79 Å². The second kappa shape index (κ2) is 3.75. The van der Waals surface area contributed by atoms with Gasteiger partial charge in [0.25, 0.3) is 0 Å². The van der Waals surface area contributed by atoms with Gasteiger partial charge in [-0.25, -0.2) is 0 Å². The van der Waals surface area contributed by atoms with Gasteiger partial charge in [-0.15, -0.1) is 0 Å². The number of fused-ring (bicyclic) bond motifs is 3. The Labute approximate surface area is 121 Å². The zero-order valence-corrected chi connectivity index (χ0v) is 13.3. The van der Waals surface area contributed by atoms with Crippen LogP contribution in [0.25, 0.3) is 0 Å². The molecule has 1 unspecified atom stereocenters. The molecule has 0 fully saturated rings. The lowest BCUT2D eigenvalue weighted by atomic mass is 9.83. The van der Waals surface area contributed by atoms with Crippen molar-refractivity contribution < 1.29 is 9.53 Å². The molecule has 1 amide bonds. The number of nitrogens with one attached hydrogen (secondary N) is 1. The van der Waals surface area contributed by atoms with Gasteiger partial charge >= 0.3 is 0 Å². The summed E-state index contributed by atoms with van der Waals surface area (Å²) >= 11 is 3.52. The van der Waals surface area contributed by atoms with Gasteiger partial charge in [-0.05, 0) is 38.8 Å². The Kier molecular flexibility index (Phi) is 2.56. The van der Waals surface area contributed by atoms with Crippen LogP contribution in [0.1, 0.15) is 37.5 Å². The highest BCUT2D eigenvalue weighted by atomic mass is 79.9. The van der Waals surface area contributed by atoms with Gasteiger partial charge in [0, 0.05) is 17.3 Å². The van der Waals surface area contributed by atoms with Crippen LogP contribution in [0, 0.1) is 6.92 Å². The first-order valence-corrected chi connectivity index (χ1v) is 7.64. The van der Waals surface area contributed by atoms with E-state index in [1.54, 1.807) is 0 Å². The molecule has 1 aromatic carbocycles. The SMILES string of the molecule is Cc1cc2c(c3c1NC(=O)C3(C)C)OC(C)(CBr)C2. The van der Waals surface area contributed by atoms with Crippen molar-refractivity contribution in [3.63, 3.8) is 0 Å². The van der Waals surface area contributed by atoms with E-state index in [-0.39, 0.29) is 11.5 Å². The third-order valence-corrected chi connectivity index (χ3v) is 5.37. The summed E-state index contributed by atoms with van der Waals surface area (Å²) in [5.74, 6) is 0.959. The normalized spacial score (nSPS) is 26.7. The van der Waals surface area contributed by atoms with E-state index in [9.17, 15) is 4.79 Å². The fourth-order valence-electron chi connectivity index (χ4n) is 3.02. The molecule has 3 rings (SSSR count). The van der Waals surface area contributed by atoms with Crippen molar-refractivity contribution in [1.29, 1.82) is 0 Å². The topological polar surface area (TPSA) is 38.3 Å². The van der Waals surface area contributed by atoms with Crippen molar-refractivity contribution in [3.8, 4) is 5.75 Å². The highest BCUT2D eigenvalue weighted by Gasteiger charge is 2.46. The third-order valence-electron chi connectivity index (χ3n) is 4.18. The minimum Gasteiger partial charge on any atom is -0.486 e. The van der Waals surface area contributed by atoms with Gasteiger partial charge in [-0.2, -0.15) is 0 Å². The first kappa shape index (κ1) is 13.0. The number of hydrogen-bond donors (Lipinski definition) is 1. The van der Waals surface area contributed by atoms with E-state index in [0.29, 0.717) is 0 Å². The van der Waals surface area contributed by atoms with Crippen molar-refractivity contribution in [3.05, 3.63) is 22.8 Å². The van der Waals surface area contributed by atoms with Crippen molar-refractivity contribution in [2.45, 2.75) is 45.1 Å². The smallest absolute Gasteiger partial charge is 0.234 e. The van der Waals surface area contributed by atoms with Crippen LogP contribution in [0.2, 0.25) is 0 Å². The quantitative estimate of drug-likeness (QED) is 0.805. The van der Waals surface area contributed by atoms with Gasteiger partial charge in [0.15, 0.2) is 0 Å². The molecular weight excluding hydrogens is 306 g/mol. The van der Waals surface area contributed by atoms with E-state index in [2.05, 4.69) is 34.2 Å². The Bertz CT molecular complexity index is 594. The number of carbonyl (C=O) groups excluding carboxylic acids is 1. The minimum atomic E-state index is -0.525. The average Bonchev–Trinajstić information content (AvgIpc) is 2.77. The second-order valence-corrected chi connectivity index (χ2v) is 6.93. The molecule has 3 nitrogen and oxygen atoms in total. The molecule has 0 saturated heterocycles. The summed E-state index contributed by atoms with van der Waals surface area (Å²) in [6.07, 6.45) is 0.881. The Morgan fingerprint density at radius 2 is 2.11 bits per heavy atom. The standard InChI is InChI=1S/C15H18BrNO2/c1-8-5-9-6-15(4,7-16)19-12(9)10-11(8)17-13(18)14(10,2)3/h5H,6-7H2,1-4H3,(H,17,18). The zero-order chi connectivity index (χ0) is 14.0. The fourth-order valence-corrected chi connectivity index (χ4v) is 3.33. The molecule has 0 aromatic heterocycles. The molecule has 0 radical (unpaired) electrons. The van der Waals surface area contributed by atoms with Crippen LogP contribution in [0.4, 0.5) is 5.69 Å².